The maximum atomic E-state index is 12.5. The van der Waals surface area contributed by atoms with E-state index in [1.807, 2.05) is 24.8 Å². The Kier molecular flexibility index (Phi) is 4.13. The Morgan fingerprint density at radius 3 is 2.86 bits per heavy atom. The fourth-order valence-corrected chi connectivity index (χ4v) is 2.88. The predicted octanol–water partition coefficient (Wildman–Crippen LogP) is 2.94. The van der Waals surface area contributed by atoms with Crippen LogP contribution >= 0.6 is 0 Å². The van der Waals surface area contributed by atoms with Crippen LogP contribution in [0, 0.1) is 6.92 Å². The van der Waals surface area contributed by atoms with Crippen LogP contribution in [0.15, 0.2) is 30.5 Å². The molecule has 5 heteroatoms. The second-order valence-corrected chi connectivity index (χ2v) is 5.80. The van der Waals surface area contributed by atoms with Crippen LogP contribution in [0.1, 0.15) is 42.0 Å². The van der Waals surface area contributed by atoms with Crippen LogP contribution in [0.25, 0.3) is 0 Å². The number of nitrogens with zero attached hydrogens (tertiary/aromatic N) is 2. The summed E-state index contributed by atoms with van der Waals surface area (Å²) in [6.07, 6.45) is 3.52. The number of nitrogens with one attached hydrogen (secondary N) is 2. The SMILES string of the molecule is CC[C@@H](NC(=O)N1CCc2ccccc2C1)c1ncc(C)[nH]1. The molecule has 1 aromatic carbocycles. The summed E-state index contributed by atoms with van der Waals surface area (Å²) < 4.78 is 0. The number of aryl methyl sites for hydroxylation is 1. The molecular formula is C17H22N4O. The number of urea groups is 1. The summed E-state index contributed by atoms with van der Waals surface area (Å²) in [4.78, 5) is 21.9. The van der Waals surface area contributed by atoms with E-state index in [1.165, 1.54) is 11.1 Å². The van der Waals surface area contributed by atoms with Gasteiger partial charge in [-0.05, 0) is 30.9 Å². The van der Waals surface area contributed by atoms with Gasteiger partial charge in [-0.25, -0.2) is 9.78 Å². The number of aromatic nitrogens is 2. The highest BCUT2D eigenvalue weighted by molar-refractivity contribution is 5.75. The summed E-state index contributed by atoms with van der Waals surface area (Å²) >= 11 is 0. The first-order valence-corrected chi connectivity index (χ1v) is 7.81. The number of amides is 2. The molecule has 2 N–H and O–H groups in total. The molecule has 5 nitrogen and oxygen atoms in total. The lowest BCUT2D eigenvalue weighted by Crippen LogP contribution is -2.44. The van der Waals surface area contributed by atoms with E-state index in [-0.39, 0.29) is 12.1 Å². The summed E-state index contributed by atoms with van der Waals surface area (Å²) in [5.41, 5.74) is 3.60. The smallest absolute Gasteiger partial charge is 0.318 e. The Hall–Kier alpha value is -2.30. The third-order valence-electron chi connectivity index (χ3n) is 4.18. The molecule has 1 aromatic heterocycles. The molecule has 0 radical (unpaired) electrons. The maximum absolute atomic E-state index is 12.5. The standard InChI is InChI=1S/C17H22N4O/c1-3-15(16-18-10-12(2)19-16)20-17(22)21-9-8-13-6-4-5-7-14(13)11-21/h4-7,10,15H,3,8-9,11H2,1-2H3,(H,18,19)(H,20,22)/t15-/m1/s1. The third-order valence-corrected chi connectivity index (χ3v) is 4.18. The number of hydrogen-bond donors (Lipinski definition) is 2. The first kappa shape index (κ1) is 14.6. The molecule has 0 aliphatic carbocycles. The van der Waals surface area contributed by atoms with Crippen LogP contribution < -0.4 is 5.32 Å². The number of carbonyl (C=O) groups excluding carboxylic acids is 1. The Morgan fingerprint density at radius 1 is 1.41 bits per heavy atom. The molecule has 22 heavy (non-hydrogen) atoms. The molecule has 2 amide bonds. The minimum Gasteiger partial charge on any atom is -0.344 e. The molecule has 0 bridgehead atoms. The zero-order valence-electron chi connectivity index (χ0n) is 13.1. The summed E-state index contributed by atoms with van der Waals surface area (Å²) in [5.74, 6) is 0.825. The lowest BCUT2D eigenvalue weighted by atomic mass is 10.0. The Bertz CT molecular complexity index is 664. The average molecular weight is 298 g/mol. The molecule has 0 unspecified atom stereocenters. The van der Waals surface area contributed by atoms with Gasteiger partial charge in [-0.3, -0.25) is 0 Å². The predicted molar refractivity (Wildman–Crippen MR) is 85.4 cm³/mol. The number of imidazole rings is 1. The number of fused-ring (bicyclic) bond motifs is 1. The van der Waals surface area contributed by atoms with Crippen LogP contribution in [0.2, 0.25) is 0 Å². The Balaban J connectivity index is 1.67. The Morgan fingerprint density at radius 2 is 2.18 bits per heavy atom. The zero-order chi connectivity index (χ0) is 15.5. The van der Waals surface area contributed by atoms with E-state index in [4.69, 9.17) is 0 Å². The summed E-state index contributed by atoms with van der Waals surface area (Å²) in [7, 11) is 0. The largest absolute Gasteiger partial charge is 0.344 e. The van der Waals surface area contributed by atoms with E-state index in [0.717, 1.165) is 30.9 Å². The average Bonchev–Trinajstić information content (AvgIpc) is 2.98. The van der Waals surface area contributed by atoms with Crippen LogP contribution in [0.3, 0.4) is 0 Å². The fourth-order valence-electron chi connectivity index (χ4n) is 2.88. The van der Waals surface area contributed by atoms with Crippen molar-refractivity contribution in [1.29, 1.82) is 0 Å². The second-order valence-electron chi connectivity index (χ2n) is 5.80. The van der Waals surface area contributed by atoms with Gasteiger partial charge in [0.05, 0.1) is 6.04 Å². The van der Waals surface area contributed by atoms with Gasteiger partial charge in [0, 0.05) is 25.0 Å². The highest BCUT2D eigenvalue weighted by atomic mass is 16.2. The minimum atomic E-state index is -0.0710. The molecule has 1 atom stereocenters. The fraction of sp³-hybridized carbons (Fsp3) is 0.412. The summed E-state index contributed by atoms with van der Waals surface area (Å²) in [6.45, 7) is 5.45. The second kappa shape index (κ2) is 6.22. The molecule has 1 aliphatic heterocycles. The van der Waals surface area contributed by atoms with Crippen molar-refractivity contribution >= 4 is 6.03 Å². The highest BCUT2D eigenvalue weighted by Gasteiger charge is 2.23. The number of rotatable bonds is 3. The first-order valence-electron chi connectivity index (χ1n) is 7.81. The molecule has 0 saturated heterocycles. The van der Waals surface area contributed by atoms with E-state index >= 15 is 0 Å². The summed E-state index contributed by atoms with van der Waals surface area (Å²) in [6, 6.07) is 8.24. The lowest BCUT2D eigenvalue weighted by Gasteiger charge is -2.30. The molecular weight excluding hydrogens is 276 g/mol. The molecule has 1 aliphatic rings. The van der Waals surface area contributed by atoms with Gasteiger partial charge in [0.2, 0.25) is 0 Å². The van der Waals surface area contributed by atoms with Crippen molar-refractivity contribution < 1.29 is 4.79 Å². The van der Waals surface area contributed by atoms with Crippen molar-refractivity contribution in [2.24, 2.45) is 0 Å². The quantitative estimate of drug-likeness (QED) is 0.915. The van der Waals surface area contributed by atoms with Crippen LogP contribution in [0.5, 0.6) is 0 Å². The molecule has 0 fully saturated rings. The summed E-state index contributed by atoms with van der Waals surface area (Å²) in [5, 5.41) is 3.09. The molecule has 2 heterocycles. The van der Waals surface area contributed by atoms with E-state index < -0.39 is 0 Å². The van der Waals surface area contributed by atoms with Crippen molar-refractivity contribution in [3.63, 3.8) is 0 Å². The topological polar surface area (TPSA) is 61.0 Å². The zero-order valence-corrected chi connectivity index (χ0v) is 13.1. The van der Waals surface area contributed by atoms with Crippen molar-refractivity contribution in [1.82, 2.24) is 20.2 Å². The third kappa shape index (κ3) is 2.98. The normalized spacial score (nSPS) is 15.3. The van der Waals surface area contributed by atoms with Gasteiger partial charge in [0.15, 0.2) is 0 Å². The number of hydrogen-bond acceptors (Lipinski definition) is 2. The molecule has 0 saturated carbocycles. The van der Waals surface area contributed by atoms with Crippen molar-refractivity contribution in [2.75, 3.05) is 6.54 Å². The van der Waals surface area contributed by atoms with Gasteiger partial charge in [0.25, 0.3) is 0 Å². The highest BCUT2D eigenvalue weighted by Crippen LogP contribution is 2.20. The van der Waals surface area contributed by atoms with Gasteiger partial charge in [-0.2, -0.15) is 0 Å². The number of carbonyl (C=O) groups is 1. The monoisotopic (exact) mass is 298 g/mol. The number of benzene rings is 1. The number of aromatic amines is 1. The van der Waals surface area contributed by atoms with Gasteiger partial charge in [0.1, 0.15) is 5.82 Å². The minimum absolute atomic E-state index is 0.0181. The van der Waals surface area contributed by atoms with Gasteiger partial charge < -0.3 is 15.2 Å². The van der Waals surface area contributed by atoms with Gasteiger partial charge in [-0.15, -0.1) is 0 Å². The van der Waals surface area contributed by atoms with E-state index in [0.29, 0.717) is 6.54 Å². The number of H-pyrrole nitrogens is 1. The van der Waals surface area contributed by atoms with E-state index in [2.05, 4.69) is 33.5 Å². The maximum Gasteiger partial charge on any atom is 0.318 e. The van der Waals surface area contributed by atoms with E-state index in [9.17, 15) is 4.79 Å². The van der Waals surface area contributed by atoms with Gasteiger partial charge >= 0.3 is 6.03 Å². The van der Waals surface area contributed by atoms with Crippen molar-refractivity contribution in [3.8, 4) is 0 Å². The lowest BCUT2D eigenvalue weighted by molar-refractivity contribution is 0.187. The molecule has 0 spiro atoms. The van der Waals surface area contributed by atoms with Crippen LogP contribution in [-0.4, -0.2) is 27.4 Å². The van der Waals surface area contributed by atoms with E-state index in [1.54, 1.807) is 6.20 Å². The molecule has 2 aromatic rings. The molecule has 116 valence electrons. The van der Waals surface area contributed by atoms with Crippen LogP contribution in [-0.2, 0) is 13.0 Å². The molecule has 3 rings (SSSR count). The Labute approximate surface area is 130 Å². The first-order chi connectivity index (χ1) is 10.7. The van der Waals surface area contributed by atoms with Gasteiger partial charge in [-0.1, -0.05) is 31.2 Å². The van der Waals surface area contributed by atoms with Crippen molar-refractivity contribution in [2.45, 2.75) is 39.3 Å². The van der Waals surface area contributed by atoms with Crippen molar-refractivity contribution in [3.05, 3.63) is 53.1 Å². The van der Waals surface area contributed by atoms with Crippen LogP contribution in [0.4, 0.5) is 4.79 Å².